The Morgan fingerprint density at radius 3 is 2.33 bits per heavy atom. The zero-order chi connectivity index (χ0) is 27.6. The molecule has 39 heavy (non-hydrogen) atoms. The summed E-state index contributed by atoms with van der Waals surface area (Å²) in [5.74, 6) is 1.35. The first kappa shape index (κ1) is 28.6. The van der Waals surface area contributed by atoms with Crippen LogP contribution in [0.4, 0.5) is 5.82 Å². The van der Waals surface area contributed by atoms with Gasteiger partial charge in [0.05, 0.1) is 12.7 Å². The number of pyridine rings is 1. The highest BCUT2D eigenvalue weighted by atomic mass is 16.5. The number of nitrogens with zero attached hydrogens (tertiary/aromatic N) is 4. The van der Waals surface area contributed by atoms with Crippen LogP contribution < -0.4 is 9.64 Å². The highest BCUT2D eigenvalue weighted by Gasteiger charge is 2.23. The van der Waals surface area contributed by atoms with Crippen LogP contribution in [0.2, 0.25) is 0 Å². The summed E-state index contributed by atoms with van der Waals surface area (Å²) in [6.45, 7) is 15.8. The van der Waals surface area contributed by atoms with Crippen LogP contribution in [-0.4, -0.2) is 66.2 Å². The van der Waals surface area contributed by atoms with Gasteiger partial charge in [0.2, 0.25) is 0 Å². The SMILES string of the molecule is CCOc1cccc(CN(CC)Cc2ccc(CN3CCN(c4ncccc4C(=O)OC(C)C)CC3)cc2)c1. The van der Waals surface area contributed by atoms with E-state index in [1.165, 1.54) is 16.7 Å². The quantitative estimate of drug-likeness (QED) is 0.291. The zero-order valence-electron chi connectivity index (χ0n) is 23.8. The van der Waals surface area contributed by atoms with Gasteiger partial charge in [-0.15, -0.1) is 0 Å². The van der Waals surface area contributed by atoms with Crippen LogP contribution in [0.5, 0.6) is 5.75 Å². The molecule has 0 radical (unpaired) electrons. The van der Waals surface area contributed by atoms with Crippen molar-refractivity contribution in [3.8, 4) is 5.75 Å². The monoisotopic (exact) mass is 530 g/mol. The molecule has 2 aromatic carbocycles. The van der Waals surface area contributed by atoms with Crippen molar-refractivity contribution < 1.29 is 14.3 Å². The average molecular weight is 531 g/mol. The van der Waals surface area contributed by atoms with E-state index >= 15 is 0 Å². The largest absolute Gasteiger partial charge is 0.494 e. The molecule has 7 heteroatoms. The number of benzene rings is 2. The van der Waals surface area contributed by atoms with Gasteiger partial charge in [-0.1, -0.05) is 43.3 Å². The van der Waals surface area contributed by atoms with E-state index in [0.29, 0.717) is 12.2 Å². The standard InChI is InChI=1S/C32H42N4O3/c1-5-34(24-28-9-7-10-29(21-28)38-6-2)22-26-12-14-27(15-13-26)23-35-17-19-36(20-18-35)31-30(11-8-16-33-31)32(37)39-25(3)4/h7-16,21,25H,5-6,17-20,22-24H2,1-4H3. The molecule has 0 aliphatic carbocycles. The fraction of sp³-hybridized carbons (Fsp3) is 0.438. The summed E-state index contributed by atoms with van der Waals surface area (Å²) in [7, 11) is 0. The van der Waals surface area contributed by atoms with Crippen molar-refractivity contribution >= 4 is 11.8 Å². The van der Waals surface area contributed by atoms with Crippen molar-refractivity contribution in [2.45, 2.75) is 53.4 Å². The number of carbonyl (C=O) groups excluding carboxylic acids is 1. The number of rotatable bonds is 12. The fourth-order valence-corrected chi connectivity index (χ4v) is 4.91. The van der Waals surface area contributed by atoms with E-state index < -0.39 is 0 Å². The summed E-state index contributed by atoms with van der Waals surface area (Å²) in [6, 6.07) is 21.0. The zero-order valence-corrected chi connectivity index (χ0v) is 23.8. The van der Waals surface area contributed by atoms with Crippen LogP contribution in [0.25, 0.3) is 0 Å². The summed E-state index contributed by atoms with van der Waals surface area (Å²) in [4.78, 5) is 24.2. The van der Waals surface area contributed by atoms with E-state index in [-0.39, 0.29) is 12.1 Å². The lowest BCUT2D eigenvalue weighted by atomic mass is 10.1. The molecule has 0 N–H and O–H groups in total. The summed E-state index contributed by atoms with van der Waals surface area (Å²) in [5.41, 5.74) is 4.45. The van der Waals surface area contributed by atoms with Gasteiger partial charge in [0.1, 0.15) is 17.1 Å². The second-order valence-electron chi connectivity index (χ2n) is 10.3. The van der Waals surface area contributed by atoms with Crippen molar-refractivity contribution in [1.82, 2.24) is 14.8 Å². The lowest BCUT2D eigenvalue weighted by Gasteiger charge is -2.36. The van der Waals surface area contributed by atoms with E-state index in [4.69, 9.17) is 9.47 Å². The number of ether oxygens (including phenoxy) is 2. The normalized spacial score (nSPS) is 14.2. The molecule has 0 spiro atoms. The lowest BCUT2D eigenvalue weighted by molar-refractivity contribution is 0.0378. The second kappa shape index (κ2) is 14.1. The third-order valence-electron chi connectivity index (χ3n) is 6.92. The van der Waals surface area contributed by atoms with Crippen molar-refractivity contribution in [3.63, 3.8) is 0 Å². The maximum Gasteiger partial charge on any atom is 0.342 e. The smallest absolute Gasteiger partial charge is 0.342 e. The maximum absolute atomic E-state index is 12.6. The van der Waals surface area contributed by atoms with Crippen molar-refractivity contribution in [3.05, 3.63) is 89.1 Å². The molecule has 7 nitrogen and oxygen atoms in total. The Morgan fingerprint density at radius 1 is 0.923 bits per heavy atom. The van der Waals surface area contributed by atoms with Crippen LogP contribution in [0.3, 0.4) is 0 Å². The lowest BCUT2D eigenvalue weighted by Crippen LogP contribution is -2.46. The van der Waals surface area contributed by atoms with Gasteiger partial charge in [-0.05, 0) is 68.3 Å². The highest BCUT2D eigenvalue weighted by Crippen LogP contribution is 2.22. The highest BCUT2D eigenvalue weighted by molar-refractivity contribution is 5.94. The average Bonchev–Trinajstić information content (AvgIpc) is 2.94. The number of hydrogen-bond donors (Lipinski definition) is 0. The van der Waals surface area contributed by atoms with Gasteiger partial charge in [0.15, 0.2) is 0 Å². The number of hydrogen-bond acceptors (Lipinski definition) is 7. The van der Waals surface area contributed by atoms with Crippen molar-refractivity contribution in [1.29, 1.82) is 0 Å². The van der Waals surface area contributed by atoms with Gasteiger partial charge in [-0.2, -0.15) is 0 Å². The predicted molar refractivity (Wildman–Crippen MR) is 156 cm³/mol. The molecule has 1 aliphatic rings. The molecule has 0 bridgehead atoms. The Morgan fingerprint density at radius 2 is 1.64 bits per heavy atom. The van der Waals surface area contributed by atoms with Crippen molar-refractivity contribution in [2.24, 2.45) is 0 Å². The molecular formula is C32H42N4O3. The number of carbonyl (C=O) groups is 1. The van der Waals surface area contributed by atoms with Gasteiger partial charge in [-0.25, -0.2) is 9.78 Å². The molecule has 1 aromatic heterocycles. The molecule has 0 saturated carbocycles. The molecule has 3 aromatic rings. The maximum atomic E-state index is 12.6. The number of aromatic nitrogens is 1. The van der Waals surface area contributed by atoms with Crippen LogP contribution in [0.15, 0.2) is 66.9 Å². The fourth-order valence-electron chi connectivity index (χ4n) is 4.91. The van der Waals surface area contributed by atoms with Gasteiger partial charge in [0, 0.05) is 52.0 Å². The second-order valence-corrected chi connectivity index (χ2v) is 10.3. The van der Waals surface area contributed by atoms with Gasteiger partial charge < -0.3 is 14.4 Å². The van der Waals surface area contributed by atoms with E-state index in [0.717, 1.165) is 63.9 Å². The molecule has 0 unspecified atom stereocenters. The van der Waals surface area contributed by atoms with Crippen LogP contribution in [0.1, 0.15) is 54.7 Å². The summed E-state index contributed by atoms with van der Waals surface area (Å²) in [5, 5.41) is 0. The first-order valence-corrected chi connectivity index (χ1v) is 14.1. The molecular weight excluding hydrogens is 488 g/mol. The van der Waals surface area contributed by atoms with Gasteiger partial charge in [-0.3, -0.25) is 9.80 Å². The Bertz CT molecular complexity index is 1190. The predicted octanol–water partition coefficient (Wildman–Crippen LogP) is 5.39. The molecule has 208 valence electrons. The third-order valence-corrected chi connectivity index (χ3v) is 6.92. The van der Waals surface area contributed by atoms with Crippen LogP contribution >= 0.6 is 0 Å². The first-order chi connectivity index (χ1) is 18.9. The first-order valence-electron chi connectivity index (χ1n) is 14.1. The topological polar surface area (TPSA) is 58.1 Å². The molecule has 0 amide bonds. The molecule has 1 aliphatic heterocycles. The van der Waals surface area contributed by atoms with E-state index in [2.05, 4.69) is 69.1 Å². The van der Waals surface area contributed by atoms with Crippen molar-refractivity contribution in [2.75, 3.05) is 44.2 Å². The summed E-state index contributed by atoms with van der Waals surface area (Å²) < 4.78 is 11.1. The van der Waals surface area contributed by atoms with Crippen LogP contribution in [0, 0.1) is 0 Å². The molecule has 1 fully saturated rings. The summed E-state index contributed by atoms with van der Waals surface area (Å²) in [6.07, 6.45) is 1.59. The minimum Gasteiger partial charge on any atom is -0.494 e. The number of anilines is 1. The number of esters is 1. The Labute approximate surface area is 233 Å². The Kier molecular flexibility index (Phi) is 10.3. The third kappa shape index (κ3) is 8.28. The molecule has 2 heterocycles. The van der Waals surface area contributed by atoms with E-state index in [1.54, 1.807) is 18.3 Å². The number of piperazine rings is 1. The minimum absolute atomic E-state index is 0.156. The Hall–Kier alpha value is -3.42. The van der Waals surface area contributed by atoms with E-state index in [9.17, 15) is 4.79 Å². The molecule has 0 atom stereocenters. The summed E-state index contributed by atoms with van der Waals surface area (Å²) >= 11 is 0. The minimum atomic E-state index is -0.309. The van der Waals surface area contributed by atoms with E-state index in [1.807, 2.05) is 26.8 Å². The molecule has 1 saturated heterocycles. The molecule has 4 rings (SSSR count). The van der Waals surface area contributed by atoms with Gasteiger partial charge in [0.25, 0.3) is 0 Å². The van der Waals surface area contributed by atoms with Crippen LogP contribution in [-0.2, 0) is 24.4 Å². The Balaban J connectivity index is 1.28. The van der Waals surface area contributed by atoms with Gasteiger partial charge >= 0.3 is 5.97 Å².